The molecule has 0 spiro atoms. The Kier molecular flexibility index (Phi) is 3.24. The summed E-state index contributed by atoms with van der Waals surface area (Å²) in [7, 11) is 0. The van der Waals surface area contributed by atoms with Crippen LogP contribution in [0.3, 0.4) is 0 Å². The SMILES string of the molecule is C[C@@H]1CCC(C)(C)N1C(=O)Nc1ccc(F)cn1. The van der Waals surface area contributed by atoms with E-state index in [1.54, 1.807) is 0 Å². The molecule has 0 aliphatic carbocycles. The molecule has 1 aliphatic rings. The molecule has 2 heterocycles. The van der Waals surface area contributed by atoms with Crippen LogP contribution in [0.25, 0.3) is 0 Å². The summed E-state index contributed by atoms with van der Waals surface area (Å²) in [5.74, 6) is -0.0424. The molecule has 0 aromatic carbocycles. The summed E-state index contributed by atoms with van der Waals surface area (Å²) >= 11 is 0. The van der Waals surface area contributed by atoms with Crippen molar-refractivity contribution in [2.45, 2.75) is 45.2 Å². The fraction of sp³-hybridized carbons (Fsp3) is 0.538. The fourth-order valence-electron chi connectivity index (χ4n) is 2.50. The summed E-state index contributed by atoms with van der Waals surface area (Å²) in [6, 6.07) is 2.77. The van der Waals surface area contributed by atoms with Crippen LogP contribution in [-0.4, -0.2) is 27.5 Å². The number of nitrogens with zero attached hydrogens (tertiary/aromatic N) is 2. The Morgan fingerprint density at radius 1 is 1.56 bits per heavy atom. The second-order valence-corrected chi connectivity index (χ2v) is 5.36. The van der Waals surface area contributed by atoms with Crippen molar-refractivity contribution in [2.75, 3.05) is 5.32 Å². The summed E-state index contributed by atoms with van der Waals surface area (Å²) in [6.45, 7) is 6.13. The van der Waals surface area contributed by atoms with Gasteiger partial charge in [-0.1, -0.05) is 0 Å². The maximum atomic E-state index is 12.7. The highest BCUT2D eigenvalue weighted by atomic mass is 19.1. The average molecular weight is 251 g/mol. The van der Waals surface area contributed by atoms with Crippen LogP contribution in [0.5, 0.6) is 0 Å². The predicted octanol–water partition coefficient (Wildman–Crippen LogP) is 3.02. The predicted molar refractivity (Wildman–Crippen MR) is 67.8 cm³/mol. The molecular weight excluding hydrogens is 233 g/mol. The molecule has 1 saturated heterocycles. The zero-order valence-electron chi connectivity index (χ0n) is 10.9. The quantitative estimate of drug-likeness (QED) is 0.833. The first-order valence-corrected chi connectivity index (χ1v) is 6.12. The topological polar surface area (TPSA) is 45.2 Å². The zero-order chi connectivity index (χ0) is 13.3. The third-order valence-corrected chi connectivity index (χ3v) is 3.45. The van der Waals surface area contributed by atoms with Crippen molar-refractivity contribution in [1.82, 2.24) is 9.88 Å². The summed E-state index contributed by atoms with van der Waals surface area (Å²) in [5, 5.41) is 2.71. The van der Waals surface area contributed by atoms with Crippen molar-refractivity contribution in [1.29, 1.82) is 0 Å². The Morgan fingerprint density at radius 3 is 2.78 bits per heavy atom. The summed E-state index contributed by atoms with van der Waals surface area (Å²) in [5.41, 5.74) is -0.149. The van der Waals surface area contributed by atoms with E-state index < -0.39 is 5.82 Å². The van der Waals surface area contributed by atoms with Crippen LogP contribution in [0.15, 0.2) is 18.3 Å². The normalized spacial score (nSPS) is 22.0. The highest BCUT2D eigenvalue weighted by Crippen LogP contribution is 2.33. The molecule has 0 bridgehead atoms. The number of hydrogen-bond acceptors (Lipinski definition) is 2. The van der Waals surface area contributed by atoms with Gasteiger partial charge in [0.15, 0.2) is 0 Å². The van der Waals surface area contributed by atoms with E-state index in [-0.39, 0.29) is 17.6 Å². The molecule has 1 fully saturated rings. The lowest BCUT2D eigenvalue weighted by molar-refractivity contribution is 0.157. The number of carbonyl (C=O) groups excluding carboxylic acids is 1. The average Bonchev–Trinajstić information content (AvgIpc) is 2.56. The molecule has 98 valence electrons. The Morgan fingerprint density at radius 2 is 2.28 bits per heavy atom. The smallest absolute Gasteiger partial charge is 0.317 e. The number of urea groups is 1. The largest absolute Gasteiger partial charge is 0.323 e. The molecule has 18 heavy (non-hydrogen) atoms. The summed E-state index contributed by atoms with van der Waals surface area (Å²) < 4.78 is 12.7. The molecule has 0 saturated carbocycles. The van der Waals surface area contributed by atoms with E-state index in [1.807, 2.05) is 25.7 Å². The lowest BCUT2D eigenvalue weighted by Crippen LogP contribution is -2.48. The standard InChI is InChI=1S/C13H18FN3O/c1-9-6-7-13(2,3)17(9)12(18)16-11-5-4-10(14)8-15-11/h4-5,8-9H,6-7H2,1-3H3,(H,15,16,18)/t9-/m1/s1. The molecule has 4 nitrogen and oxygen atoms in total. The van der Waals surface area contributed by atoms with Crippen molar-refractivity contribution < 1.29 is 9.18 Å². The van der Waals surface area contributed by atoms with Gasteiger partial charge in [0.2, 0.25) is 0 Å². The minimum atomic E-state index is -0.414. The second kappa shape index (κ2) is 4.55. The lowest BCUT2D eigenvalue weighted by atomic mass is 10.0. The molecule has 5 heteroatoms. The van der Waals surface area contributed by atoms with Gasteiger partial charge in [-0.3, -0.25) is 5.32 Å². The van der Waals surface area contributed by atoms with Crippen molar-refractivity contribution in [3.05, 3.63) is 24.1 Å². The monoisotopic (exact) mass is 251 g/mol. The highest BCUT2D eigenvalue weighted by molar-refractivity contribution is 5.89. The lowest BCUT2D eigenvalue weighted by Gasteiger charge is -2.34. The molecule has 1 aliphatic heterocycles. The molecule has 2 rings (SSSR count). The Balaban J connectivity index is 2.10. The number of nitrogens with one attached hydrogen (secondary N) is 1. The maximum Gasteiger partial charge on any atom is 0.323 e. The number of amides is 2. The van der Waals surface area contributed by atoms with Crippen molar-refractivity contribution in [3.8, 4) is 0 Å². The number of hydrogen-bond donors (Lipinski definition) is 1. The summed E-state index contributed by atoms with van der Waals surface area (Å²) in [4.78, 5) is 17.9. The maximum absolute atomic E-state index is 12.7. The van der Waals surface area contributed by atoms with Crippen molar-refractivity contribution in [2.24, 2.45) is 0 Å². The Labute approximate surface area is 106 Å². The van der Waals surface area contributed by atoms with Gasteiger partial charge in [0.05, 0.1) is 6.20 Å². The molecular formula is C13H18FN3O. The first-order valence-electron chi connectivity index (χ1n) is 6.12. The zero-order valence-corrected chi connectivity index (χ0v) is 10.9. The summed E-state index contributed by atoms with van der Waals surface area (Å²) in [6.07, 6.45) is 3.07. The molecule has 0 radical (unpaired) electrons. The number of carbonyl (C=O) groups is 1. The Bertz CT molecular complexity index is 444. The van der Waals surface area contributed by atoms with Gasteiger partial charge >= 0.3 is 6.03 Å². The van der Waals surface area contributed by atoms with Crippen LogP contribution >= 0.6 is 0 Å². The van der Waals surface area contributed by atoms with E-state index >= 15 is 0 Å². The first-order chi connectivity index (χ1) is 8.40. The second-order valence-electron chi connectivity index (χ2n) is 5.36. The third-order valence-electron chi connectivity index (χ3n) is 3.45. The number of anilines is 1. The van der Waals surface area contributed by atoms with Gasteiger partial charge in [-0.05, 0) is 45.7 Å². The number of likely N-dealkylation sites (tertiary alicyclic amines) is 1. The first kappa shape index (κ1) is 12.8. The van der Waals surface area contributed by atoms with Gasteiger partial charge in [-0.25, -0.2) is 14.2 Å². The number of rotatable bonds is 1. The van der Waals surface area contributed by atoms with E-state index in [1.165, 1.54) is 12.1 Å². The van der Waals surface area contributed by atoms with E-state index in [4.69, 9.17) is 0 Å². The van der Waals surface area contributed by atoms with E-state index in [9.17, 15) is 9.18 Å². The molecule has 1 aromatic rings. The van der Waals surface area contributed by atoms with Gasteiger partial charge in [0.25, 0.3) is 0 Å². The molecule has 1 N–H and O–H groups in total. The van der Waals surface area contributed by atoms with Crippen LogP contribution < -0.4 is 5.32 Å². The molecule has 0 unspecified atom stereocenters. The molecule has 1 atom stereocenters. The highest BCUT2D eigenvalue weighted by Gasteiger charge is 2.40. The van der Waals surface area contributed by atoms with Crippen molar-refractivity contribution in [3.63, 3.8) is 0 Å². The van der Waals surface area contributed by atoms with Gasteiger partial charge in [0.1, 0.15) is 11.6 Å². The van der Waals surface area contributed by atoms with Crippen molar-refractivity contribution >= 4 is 11.8 Å². The van der Waals surface area contributed by atoms with E-state index in [0.29, 0.717) is 5.82 Å². The van der Waals surface area contributed by atoms with Gasteiger partial charge in [0, 0.05) is 11.6 Å². The molecule has 1 aromatic heterocycles. The van der Waals surface area contributed by atoms with Gasteiger partial charge in [-0.15, -0.1) is 0 Å². The minimum absolute atomic E-state index is 0.149. The number of halogens is 1. The van der Waals surface area contributed by atoms with Gasteiger partial charge in [-0.2, -0.15) is 0 Å². The van der Waals surface area contributed by atoms with E-state index in [2.05, 4.69) is 10.3 Å². The van der Waals surface area contributed by atoms with Gasteiger partial charge < -0.3 is 4.90 Å². The van der Waals surface area contributed by atoms with Crippen LogP contribution in [0, 0.1) is 5.82 Å². The Hall–Kier alpha value is -1.65. The van der Waals surface area contributed by atoms with E-state index in [0.717, 1.165) is 19.0 Å². The number of pyridine rings is 1. The fourth-order valence-corrected chi connectivity index (χ4v) is 2.50. The van der Waals surface area contributed by atoms with Crippen LogP contribution in [0.4, 0.5) is 15.0 Å². The minimum Gasteiger partial charge on any atom is -0.317 e. The molecule has 2 amide bonds. The third kappa shape index (κ3) is 2.44. The van der Waals surface area contributed by atoms with Crippen LogP contribution in [-0.2, 0) is 0 Å². The van der Waals surface area contributed by atoms with Crippen LogP contribution in [0.1, 0.15) is 33.6 Å². The number of aromatic nitrogens is 1. The van der Waals surface area contributed by atoms with Crippen LogP contribution in [0.2, 0.25) is 0 Å².